The van der Waals surface area contributed by atoms with Gasteiger partial charge in [-0.3, -0.25) is 9.89 Å². The molecule has 1 aromatic heterocycles. The first kappa shape index (κ1) is 11.0. The predicted molar refractivity (Wildman–Crippen MR) is 66.1 cm³/mol. The number of aromatic nitrogens is 2. The average molecular weight is 236 g/mol. The zero-order chi connectivity index (χ0) is 12.0. The number of fused-ring (bicyclic) bond motifs is 1. The van der Waals surface area contributed by atoms with Gasteiger partial charge < -0.3 is 10.2 Å². The number of H-pyrrole nitrogens is 1. The van der Waals surface area contributed by atoms with Crippen LogP contribution >= 0.6 is 0 Å². The smallest absolute Gasteiger partial charge is 0.271 e. The Morgan fingerprint density at radius 3 is 2.94 bits per heavy atom. The molecule has 0 spiro atoms. The number of likely N-dealkylation sites (N-methyl/N-ethyl adjacent to an activating group) is 1. The summed E-state index contributed by atoms with van der Waals surface area (Å²) < 4.78 is 1.86. The average Bonchev–Trinajstić information content (AvgIpc) is 2.81. The Bertz CT molecular complexity index is 475. The summed E-state index contributed by atoms with van der Waals surface area (Å²) in [7, 11) is 2.12. The molecule has 2 N–H and O–H groups in total. The van der Waals surface area contributed by atoms with Crippen molar-refractivity contribution in [1.29, 1.82) is 0 Å². The molecule has 0 radical (unpaired) electrons. The number of hydrogen-bond donors (Lipinski definition) is 2. The molecular weight excluding hydrogens is 216 g/mol. The first-order valence-electron chi connectivity index (χ1n) is 6.42. The van der Waals surface area contributed by atoms with Crippen molar-refractivity contribution in [2.75, 3.05) is 20.1 Å². The lowest BCUT2D eigenvalue weighted by atomic mass is 10.1. The van der Waals surface area contributed by atoms with E-state index in [1.807, 2.05) is 4.68 Å². The highest BCUT2D eigenvalue weighted by Gasteiger charge is 2.28. The quantitative estimate of drug-likeness (QED) is 0.751. The minimum atomic E-state index is 0.179. The van der Waals surface area contributed by atoms with Gasteiger partial charge in [-0.15, -0.1) is 0 Å². The van der Waals surface area contributed by atoms with Crippen molar-refractivity contribution in [3.05, 3.63) is 21.6 Å². The third-order valence-corrected chi connectivity index (χ3v) is 4.01. The van der Waals surface area contributed by atoms with Crippen LogP contribution in [0.5, 0.6) is 0 Å². The molecular formula is C12H20N4O. The van der Waals surface area contributed by atoms with Crippen molar-refractivity contribution >= 4 is 0 Å². The van der Waals surface area contributed by atoms with Gasteiger partial charge >= 0.3 is 0 Å². The summed E-state index contributed by atoms with van der Waals surface area (Å²) in [5.74, 6) is 0. The van der Waals surface area contributed by atoms with E-state index in [-0.39, 0.29) is 11.6 Å². The van der Waals surface area contributed by atoms with E-state index in [9.17, 15) is 4.79 Å². The van der Waals surface area contributed by atoms with Crippen LogP contribution in [0.3, 0.4) is 0 Å². The fourth-order valence-electron chi connectivity index (χ4n) is 3.06. The molecule has 0 aliphatic carbocycles. The normalized spacial score (nSPS) is 29.5. The van der Waals surface area contributed by atoms with Crippen LogP contribution in [-0.2, 0) is 6.54 Å². The highest BCUT2D eigenvalue weighted by atomic mass is 16.1. The molecule has 94 valence electrons. The molecule has 3 rings (SSSR count). The number of nitrogens with one attached hydrogen (secondary N) is 2. The van der Waals surface area contributed by atoms with Crippen LogP contribution in [0.2, 0.25) is 0 Å². The number of hydrogen-bond acceptors (Lipinski definition) is 3. The highest BCUT2D eigenvalue weighted by molar-refractivity contribution is 5.25. The van der Waals surface area contributed by atoms with Gasteiger partial charge in [-0.2, -0.15) is 0 Å². The minimum Gasteiger partial charge on any atom is -0.304 e. The molecule has 1 aromatic rings. The van der Waals surface area contributed by atoms with Gasteiger partial charge in [-0.25, -0.2) is 4.68 Å². The standard InChI is InChI=1S/C12H20N4O/c1-8-11-10(6-13-8)14-16(12(11)17)9-4-3-5-15(2)7-9/h8-9,13-14H,3-7H2,1-2H3. The maximum absolute atomic E-state index is 12.4. The lowest BCUT2D eigenvalue weighted by Gasteiger charge is -2.29. The number of likely N-dealkylation sites (tertiary alicyclic amines) is 1. The Balaban J connectivity index is 1.94. The molecule has 5 nitrogen and oxygen atoms in total. The van der Waals surface area contributed by atoms with Crippen LogP contribution in [0.15, 0.2) is 4.79 Å². The van der Waals surface area contributed by atoms with E-state index in [0.29, 0.717) is 6.04 Å². The third-order valence-electron chi connectivity index (χ3n) is 4.01. The number of rotatable bonds is 1. The van der Waals surface area contributed by atoms with Crippen LogP contribution in [0.1, 0.15) is 43.1 Å². The fourth-order valence-corrected chi connectivity index (χ4v) is 3.06. The van der Waals surface area contributed by atoms with Crippen LogP contribution in [0.25, 0.3) is 0 Å². The van der Waals surface area contributed by atoms with Gasteiger partial charge in [0.1, 0.15) is 0 Å². The van der Waals surface area contributed by atoms with E-state index < -0.39 is 0 Å². The van der Waals surface area contributed by atoms with E-state index in [1.165, 1.54) is 6.42 Å². The largest absolute Gasteiger partial charge is 0.304 e. The Morgan fingerprint density at radius 2 is 2.24 bits per heavy atom. The van der Waals surface area contributed by atoms with Crippen molar-refractivity contribution in [3.8, 4) is 0 Å². The maximum Gasteiger partial charge on any atom is 0.271 e. The van der Waals surface area contributed by atoms with Gasteiger partial charge in [0.05, 0.1) is 17.3 Å². The second kappa shape index (κ2) is 3.99. The molecule has 3 heterocycles. The Morgan fingerprint density at radius 1 is 1.41 bits per heavy atom. The minimum absolute atomic E-state index is 0.179. The molecule has 0 bridgehead atoms. The molecule has 2 aliphatic rings. The molecule has 1 saturated heterocycles. The van der Waals surface area contributed by atoms with Gasteiger partial charge in [-0.1, -0.05) is 0 Å². The highest BCUT2D eigenvalue weighted by Crippen LogP contribution is 2.23. The molecule has 0 amide bonds. The number of piperidine rings is 1. The van der Waals surface area contributed by atoms with Gasteiger partial charge in [0.2, 0.25) is 0 Å². The monoisotopic (exact) mass is 236 g/mol. The third kappa shape index (κ3) is 1.73. The lowest BCUT2D eigenvalue weighted by Crippen LogP contribution is -2.38. The van der Waals surface area contributed by atoms with Crippen molar-refractivity contribution < 1.29 is 0 Å². The SMILES string of the molecule is CC1NCc2[nH]n(C3CCCN(C)C3)c(=O)c21. The second-order valence-electron chi connectivity index (χ2n) is 5.34. The van der Waals surface area contributed by atoms with Gasteiger partial charge in [0, 0.05) is 19.1 Å². The number of aromatic amines is 1. The van der Waals surface area contributed by atoms with Crippen molar-refractivity contribution in [2.24, 2.45) is 0 Å². The van der Waals surface area contributed by atoms with E-state index in [1.54, 1.807) is 0 Å². The van der Waals surface area contributed by atoms with E-state index >= 15 is 0 Å². The molecule has 1 fully saturated rings. The first-order valence-corrected chi connectivity index (χ1v) is 6.42. The topological polar surface area (TPSA) is 53.1 Å². The molecule has 2 atom stereocenters. The Kier molecular flexibility index (Phi) is 2.60. The predicted octanol–water partition coefficient (Wildman–Crippen LogP) is 0.607. The van der Waals surface area contributed by atoms with Gasteiger partial charge in [-0.05, 0) is 33.4 Å². The van der Waals surface area contributed by atoms with E-state index in [0.717, 1.165) is 37.3 Å². The van der Waals surface area contributed by atoms with E-state index in [2.05, 4.69) is 29.3 Å². The fraction of sp³-hybridized carbons (Fsp3) is 0.750. The summed E-state index contributed by atoms with van der Waals surface area (Å²) in [6.45, 7) is 4.96. The van der Waals surface area contributed by atoms with Gasteiger partial charge in [0.25, 0.3) is 5.56 Å². The van der Waals surface area contributed by atoms with Crippen LogP contribution in [-0.4, -0.2) is 34.8 Å². The van der Waals surface area contributed by atoms with Gasteiger partial charge in [0.15, 0.2) is 0 Å². The number of nitrogens with zero attached hydrogens (tertiary/aromatic N) is 2. The maximum atomic E-state index is 12.4. The molecule has 2 aliphatic heterocycles. The summed E-state index contributed by atoms with van der Waals surface area (Å²) in [6, 6.07) is 0.510. The summed E-state index contributed by atoms with van der Waals surface area (Å²) >= 11 is 0. The zero-order valence-corrected chi connectivity index (χ0v) is 10.5. The Hall–Kier alpha value is -1.07. The molecule has 17 heavy (non-hydrogen) atoms. The lowest BCUT2D eigenvalue weighted by molar-refractivity contribution is 0.199. The zero-order valence-electron chi connectivity index (χ0n) is 10.5. The molecule has 5 heteroatoms. The molecule has 2 unspecified atom stereocenters. The van der Waals surface area contributed by atoms with Crippen LogP contribution in [0.4, 0.5) is 0 Å². The Labute approximate surface area is 101 Å². The van der Waals surface area contributed by atoms with Crippen LogP contribution in [0, 0.1) is 0 Å². The molecule has 0 aromatic carbocycles. The first-order chi connectivity index (χ1) is 8.16. The van der Waals surface area contributed by atoms with Crippen molar-refractivity contribution in [2.45, 2.75) is 38.4 Å². The summed E-state index contributed by atoms with van der Waals surface area (Å²) in [4.78, 5) is 14.7. The molecule has 0 saturated carbocycles. The van der Waals surface area contributed by atoms with Crippen molar-refractivity contribution in [3.63, 3.8) is 0 Å². The van der Waals surface area contributed by atoms with Crippen LogP contribution < -0.4 is 10.9 Å². The summed E-state index contributed by atoms with van der Waals surface area (Å²) in [5, 5.41) is 6.59. The van der Waals surface area contributed by atoms with Crippen molar-refractivity contribution in [1.82, 2.24) is 20.0 Å². The summed E-state index contributed by atoms with van der Waals surface area (Å²) in [5.41, 5.74) is 2.20. The second-order valence-corrected chi connectivity index (χ2v) is 5.34. The summed E-state index contributed by atoms with van der Waals surface area (Å²) in [6.07, 6.45) is 2.27. The van der Waals surface area contributed by atoms with E-state index in [4.69, 9.17) is 0 Å².